The van der Waals surface area contributed by atoms with Crippen LogP contribution in [0.25, 0.3) is 0 Å². The van der Waals surface area contributed by atoms with Crippen LogP contribution in [0.3, 0.4) is 0 Å². The van der Waals surface area contributed by atoms with Gasteiger partial charge in [-0.2, -0.15) is 0 Å². The van der Waals surface area contributed by atoms with E-state index >= 15 is 0 Å². The summed E-state index contributed by atoms with van der Waals surface area (Å²) in [6.07, 6.45) is 5.20. The van der Waals surface area contributed by atoms with Gasteiger partial charge in [-0.05, 0) is 52.2 Å². The molecular weight excluding hydrogens is 498 g/mol. The maximum atomic E-state index is 13.7. The Kier molecular flexibility index (Phi) is 9.23. The molecule has 2 aliphatic heterocycles. The number of hydrogen-bond donors (Lipinski definition) is 2. The number of allylic oxidation sites excluding steroid dienone is 1. The van der Waals surface area contributed by atoms with E-state index in [9.17, 15) is 19.5 Å². The molecule has 1 aromatic rings. The van der Waals surface area contributed by atoms with E-state index in [0.717, 1.165) is 24.8 Å². The van der Waals surface area contributed by atoms with Gasteiger partial charge in [0.15, 0.2) is 5.60 Å². The molecule has 1 fully saturated rings. The number of benzene rings is 1. The van der Waals surface area contributed by atoms with E-state index in [-0.39, 0.29) is 13.0 Å². The quantitative estimate of drug-likeness (QED) is 0.325. The third-order valence-corrected chi connectivity index (χ3v) is 6.59. The number of hydrogen-bond acceptors (Lipinski definition) is 6. The van der Waals surface area contributed by atoms with Crippen molar-refractivity contribution < 1.29 is 29.1 Å². The maximum Gasteiger partial charge on any atom is 0.408 e. The van der Waals surface area contributed by atoms with E-state index in [4.69, 9.17) is 21.2 Å². The van der Waals surface area contributed by atoms with E-state index in [1.807, 2.05) is 12.1 Å². The summed E-state index contributed by atoms with van der Waals surface area (Å²) in [6, 6.07) is 5.14. The highest BCUT2D eigenvalue weighted by molar-refractivity contribution is 6.31. The lowest BCUT2D eigenvalue weighted by molar-refractivity contribution is -0.149. The highest BCUT2D eigenvalue weighted by Gasteiger charge is 2.54. The van der Waals surface area contributed by atoms with Gasteiger partial charge in [-0.1, -0.05) is 47.8 Å². The van der Waals surface area contributed by atoms with Crippen molar-refractivity contribution in [2.24, 2.45) is 5.16 Å². The van der Waals surface area contributed by atoms with Crippen molar-refractivity contribution in [3.05, 3.63) is 47.5 Å². The van der Waals surface area contributed by atoms with E-state index in [0.29, 0.717) is 30.0 Å². The Morgan fingerprint density at radius 1 is 1.35 bits per heavy atom. The molecular formula is C27H36ClN3O6. The lowest BCUT2D eigenvalue weighted by Crippen LogP contribution is -2.52. The normalized spacial score (nSPS) is 21.8. The van der Waals surface area contributed by atoms with Crippen LogP contribution in [0.2, 0.25) is 5.02 Å². The highest BCUT2D eigenvalue weighted by Crippen LogP contribution is 2.39. The van der Waals surface area contributed by atoms with Crippen LogP contribution in [0.15, 0.2) is 42.1 Å². The lowest BCUT2D eigenvalue weighted by Gasteiger charge is -2.29. The average molecular weight is 534 g/mol. The van der Waals surface area contributed by atoms with Crippen LogP contribution in [0, 0.1) is 0 Å². The summed E-state index contributed by atoms with van der Waals surface area (Å²) in [7, 11) is 0. The molecule has 1 saturated heterocycles. The number of amides is 2. The Labute approximate surface area is 222 Å². The third kappa shape index (κ3) is 7.71. The average Bonchev–Trinajstić information content (AvgIpc) is 3.40. The first-order valence-corrected chi connectivity index (χ1v) is 13.0. The number of unbranched alkanes of at least 4 members (excludes halogenated alkanes) is 3. The molecule has 2 amide bonds. The number of carbonyl (C=O) groups excluding carboxylic acids is 2. The first-order valence-electron chi connectivity index (χ1n) is 12.6. The van der Waals surface area contributed by atoms with Crippen molar-refractivity contribution in [3.8, 4) is 0 Å². The second-order valence-corrected chi connectivity index (χ2v) is 11.1. The van der Waals surface area contributed by atoms with Gasteiger partial charge in [0.1, 0.15) is 17.7 Å². The van der Waals surface area contributed by atoms with Crippen molar-refractivity contribution in [3.63, 3.8) is 0 Å². The Hall–Kier alpha value is -3.07. The smallest absolute Gasteiger partial charge is 0.408 e. The predicted octanol–water partition coefficient (Wildman–Crippen LogP) is 4.92. The van der Waals surface area contributed by atoms with Crippen LogP contribution < -0.4 is 5.32 Å². The molecule has 2 N–H and O–H groups in total. The number of likely N-dealkylation sites (tertiary alicyclic amines) is 1. The van der Waals surface area contributed by atoms with Gasteiger partial charge in [-0.3, -0.25) is 4.79 Å². The molecule has 0 unspecified atom stereocenters. The number of nitrogens with one attached hydrogen (secondary N) is 1. The fourth-order valence-corrected chi connectivity index (χ4v) is 4.85. The Morgan fingerprint density at radius 2 is 2.11 bits per heavy atom. The number of alkyl carbamates (subject to hydrolysis) is 1. The maximum absolute atomic E-state index is 13.7. The van der Waals surface area contributed by atoms with Gasteiger partial charge in [-0.25, -0.2) is 9.59 Å². The Balaban J connectivity index is 1.76. The molecule has 202 valence electrons. The highest BCUT2D eigenvalue weighted by atomic mass is 35.5. The summed E-state index contributed by atoms with van der Waals surface area (Å²) in [4.78, 5) is 45.5. The standard InChI is InChI=1S/C27H36ClN3O6/c1-5-6-7-8-9-13-20(29-25(35)36-26(2,3)4)23(32)31-17-27(16-22(31)24(33)34)15-21(30-37-27)18-11-10-12-19(28)14-18/h5,10-12,14,20,22H,1,6-9,13,15-17H2,2-4H3,(H,29,35)(H,33,34)/t20-,22-,27+/m0/s1. The predicted molar refractivity (Wildman–Crippen MR) is 141 cm³/mol. The topological polar surface area (TPSA) is 118 Å². The number of halogens is 1. The zero-order chi connectivity index (χ0) is 27.2. The number of carboxylic acid groups (broad SMARTS) is 1. The van der Waals surface area contributed by atoms with Gasteiger partial charge in [0.05, 0.1) is 12.3 Å². The van der Waals surface area contributed by atoms with E-state index < -0.39 is 41.3 Å². The minimum atomic E-state index is -1.13. The molecule has 0 radical (unpaired) electrons. The van der Waals surface area contributed by atoms with Crippen molar-refractivity contribution in [2.75, 3.05) is 6.54 Å². The first-order chi connectivity index (χ1) is 17.4. The van der Waals surface area contributed by atoms with Crippen molar-refractivity contribution in [1.82, 2.24) is 10.2 Å². The van der Waals surface area contributed by atoms with E-state index in [2.05, 4.69) is 17.1 Å². The van der Waals surface area contributed by atoms with Crippen molar-refractivity contribution in [2.45, 2.75) is 89.0 Å². The summed E-state index contributed by atoms with van der Waals surface area (Å²) in [6.45, 7) is 8.96. The van der Waals surface area contributed by atoms with Crippen LogP contribution in [-0.2, 0) is 19.2 Å². The third-order valence-electron chi connectivity index (χ3n) is 6.36. The molecule has 1 aromatic carbocycles. The van der Waals surface area contributed by atoms with Crippen LogP contribution in [0.5, 0.6) is 0 Å². The molecule has 1 spiro atoms. The monoisotopic (exact) mass is 533 g/mol. The zero-order valence-corrected chi connectivity index (χ0v) is 22.4. The molecule has 10 heteroatoms. The van der Waals surface area contributed by atoms with Gasteiger partial charge >= 0.3 is 12.1 Å². The second kappa shape index (κ2) is 12.0. The zero-order valence-electron chi connectivity index (χ0n) is 21.7. The number of rotatable bonds is 10. The van der Waals surface area contributed by atoms with Gasteiger partial charge in [0.2, 0.25) is 5.91 Å². The Morgan fingerprint density at radius 3 is 2.76 bits per heavy atom. The fraction of sp³-hybridized carbons (Fsp3) is 0.556. The molecule has 3 atom stereocenters. The molecule has 2 aliphatic rings. The van der Waals surface area contributed by atoms with E-state index in [1.54, 1.807) is 39.0 Å². The van der Waals surface area contributed by atoms with Crippen LogP contribution in [0.1, 0.15) is 71.3 Å². The number of ether oxygens (including phenoxy) is 1. The van der Waals surface area contributed by atoms with Crippen LogP contribution in [0.4, 0.5) is 4.79 Å². The van der Waals surface area contributed by atoms with Crippen LogP contribution in [-0.4, -0.2) is 63.5 Å². The number of oxime groups is 1. The van der Waals surface area contributed by atoms with Gasteiger partial charge < -0.3 is 24.9 Å². The SMILES string of the molecule is C=CCCCCC[C@H](NC(=O)OC(C)(C)C)C(=O)N1C[C@@]2(CC(c3cccc(Cl)c3)=NO2)C[C@H]1C(=O)O. The summed E-state index contributed by atoms with van der Waals surface area (Å²) >= 11 is 6.11. The van der Waals surface area contributed by atoms with Crippen molar-refractivity contribution in [1.29, 1.82) is 0 Å². The molecule has 0 aliphatic carbocycles. The Bertz CT molecular complexity index is 1050. The number of carboxylic acids is 1. The molecule has 0 aromatic heterocycles. The van der Waals surface area contributed by atoms with Gasteiger partial charge in [0.25, 0.3) is 0 Å². The van der Waals surface area contributed by atoms with Crippen molar-refractivity contribution >= 4 is 35.3 Å². The summed E-state index contributed by atoms with van der Waals surface area (Å²) in [5.74, 6) is -1.61. The van der Waals surface area contributed by atoms with Gasteiger partial charge in [0, 0.05) is 23.4 Å². The summed E-state index contributed by atoms with van der Waals surface area (Å²) in [5, 5.41) is 17.4. The minimum Gasteiger partial charge on any atom is -0.480 e. The van der Waals surface area contributed by atoms with E-state index in [1.165, 1.54) is 4.90 Å². The molecule has 37 heavy (non-hydrogen) atoms. The molecule has 0 bridgehead atoms. The number of carbonyl (C=O) groups is 3. The second-order valence-electron chi connectivity index (χ2n) is 10.6. The molecule has 0 saturated carbocycles. The minimum absolute atomic E-state index is 0.0410. The number of nitrogens with zero attached hydrogens (tertiary/aromatic N) is 2. The molecule has 2 heterocycles. The summed E-state index contributed by atoms with van der Waals surface area (Å²) < 4.78 is 5.36. The van der Waals surface area contributed by atoms with Crippen LogP contribution >= 0.6 is 11.6 Å². The summed E-state index contributed by atoms with van der Waals surface area (Å²) in [5.41, 5.74) is -0.275. The lowest BCUT2D eigenvalue weighted by atomic mass is 9.92. The largest absolute Gasteiger partial charge is 0.480 e. The molecule has 9 nitrogen and oxygen atoms in total. The fourth-order valence-electron chi connectivity index (χ4n) is 4.66. The number of aliphatic carboxylic acids is 1. The first kappa shape index (κ1) is 28.5. The van der Waals surface area contributed by atoms with Gasteiger partial charge in [-0.15, -0.1) is 6.58 Å². The molecule has 3 rings (SSSR count).